The Morgan fingerprint density at radius 1 is 1.37 bits per heavy atom. The van der Waals surface area contributed by atoms with E-state index >= 15 is 0 Å². The van der Waals surface area contributed by atoms with Gasteiger partial charge in [-0.3, -0.25) is 4.99 Å². The van der Waals surface area contributed by atoms with Crippen molar-refractivity contribution in [1.29, 1.82) is 0 Å². The number of hydrogen-bond acceptors (Lipinski definition) is 5. The van der Waals surface area contributed by atoms with E-state index in [0.717, 1.165) is 58.2 Å². The van der Waals surface area contributed by atoms with Crippen LogP contribution in [-0.2, 0) is 4.74 Å². The van der Waals surface area contributed by atoms with Crippen LogP contribution in [0.2, 0.25) is 0 Å². The second kappa shape index (κ2) is 11.9. The van der Waals surface area contributed by atoms with Crippen molar-refractivity contribution >= 4 is 29.9 Å². The molecule has 27 heavy (non-hydrogen) atoms. The van der Waals surface area contributed by atoms with E-state index < -0.39 is 6.10 Å². The van der Waals surface area contributed by atoms with Gasteiger partial charge in [-0.2, -0.15) is 0 Å². The number of furan rings is 1. The zero-order chi connectivity index (χ0) is 18.2. The average molecular weight is 492 g/mol. The Hall–Kier alpha value is -0.840. The van der Waals surface area contributed by atoms with Crippen LogP contribution in [0.5, 0.6) is 0 Å². The Labute approximate surface area is 178 Å². The first-order valence-corrected chi connectivity index (χ1v) is 9.81. The predicted molar refractivity (Wildman–Crippen MR) is 117 cm³/mol. The summed E-state index contributed by atoms with van der Waals surface area (Å²) >= 11 is 0. The van der Waals surface area contributed by atoms with E-state index in [4.69, 9.17) is 9.15 Å². The van der Waals surface area contributed by atoms with Crippen molar-refractivity contribution in [2.45, 2.75) is 38.3 Å². The van der Waals surface area contributed by atoms with E-state index in [9.17, 15) is 5.11 Å². The Morgan fingerprint density at radius 3 is 2.81 bits per heavy atom. The van der Waals surface area contributed by atoms with Gasteiger partial charge in [0.15, 0.2) is 5.96 Å². The number of nitrogens with one attached hydrogen (secondary N) is 2. The van der Waals surface area contributed by atoms with Gasteiger partial charge in [0.05, 0.1) is 19.4 Å². The normalized spacial score (nSPS) is 23.0. The van der Waals surface area contributed by atoms with Crippen molar-refractivity contribution in [2.24, 2.45) is 10.9 Å². The molecular formula is C19H33IN4O3. The fourth-order valence-corrected chi connectivity index (χ4v) is 3.61. The Kier molecular flexibility index (Phi) is 9.88. The lowest BCUT2D eigenvalue weighted by Gasteiger charge is -2.34. The quantitative estimate of drug-likeness (QED) is 0.307. The lowest BCUT2D eigenvalue weighted by Crippen LogP contribution is -2.49. The standard InChI is InChI=1S/C19H32N4O3.HI/c1-2-20-19(21-12-17(24)18-4-3-10-26-18)22-16-5-8-23(9-6-16)13-15-7-11-25-14-15;/h3-4,10,15-17,24H,2,5-9,11-14H2,1H3,(H2,20,21,22);1H. The summed E-state index contributed by atoms with van der Waals surface area (Å²) in [5.41, 5.74) is 0. The number of likely N-dealkylation sites (tertiary alicyclic amines) is 1. The monoisotopic (exact) mass is 492 g/mol. The van der Waals surface area contributed by atoms with Gasteiger partial charge in [-0.05, 0) is 44.2 Å². The minimum Gasteiger partial charge on any atom is -0.467 e. The predicted octanol–water partition coefficient (Wildman–Crippen LogP) is 1.99. The third-order valence-electron chi connectivity index (χ3n) is 5.11. The second-order valence-corrected chi connectivity index (χ2v) is 7.20. The van der Waals surface area contributed by atoms with Crippen molar-refractivity contribution < 1.29 is 14.3 Å². The van der Waals surface area contributed by atoms with Gasteiger partial charge in [0.2, 0.25) is 0 Å². The minimum absolute atomic E-state index is 0. The maximum Gasteiger partial charge on any atom is 0.191 e. The first-order chi connectivity index (χ1) is 12.7. The van der Waals surface area contributed by atoms with Crippen LogP contribution < -0.4 is 10.6 Å². The van der Waals surface area contributed by atoms with Crippen LogP contribution in [0.25, 0.3) is 0 Å². The first-order valence-electron chi connectivity index (χ1n) is 9.81. The number of aliphatic imine (C=N–C) groups is 1. The molecule has 7 nitrogen and oxygen atoms in total. The summed E-state index contributed by atoms with van der Waals surface area (Å²) in [5.74, 6) is 2.02. The summed E-state index contributed by atoms with van der Waals surface area (Å²) in [5, 5.41) is 16.9. The Bertz CT molecular complexity index is 541. The molecule has 3 N–H and O–H groups in total. The molecule has 0 saturated carbocycles. The molecule has 3 heterocycles. The fourth-order valence-electron chi connectivity index (χ4n) is 3.61. The summed E-state index contributed by atoms with van der Waals surface area (Å²) in [6.07, 6.45) is 4.28. The van der Waals surface area contributed by atoms with Crippen molar-refractivity contribution in [3.05, 3.63) is 24.2 Å². The smallest absolute Gasteiger partial charge is 0.191 e. The summed E-state index contributed by atoms with van der Waals surface area (Å²) < 4.78 is 10.7. The Morgan fingerprint density at radius 2 is 2.19 bits per heavy atom. The number of halogens is 1. The highest BCUT2D eigenvalue weighted by molar-refractivity contribution is 14.0. The van der Waals surface area contributed by atoms with Crippen molar-refractivity contribution in [3.8, 4) is 0 Å². The van der Waals surface area contributed by atoms with Crippen LogP contribution in [0, 0.1) is 5.92 Å². The van der Waals surface area contributed by atoms with E-state index in [1.54, 1.807) is 18.4 Å². The maximum absolute atomic E-state index is 10.1. The van der Waals surface area contributed by atoms with Crippen LogP contribution in [0.15, 0.2) is 27.8 Å². The highest BCUT2D eigenvalue weighted by Gasteiger charge is 2.24. The molecule has 2 atom stereocenters. The molecule has 0 spiro atoms. The SMILES string of the molecule is CCNC(=NCC(O)c1ccco1)NC1CCN(CC2CCOC2)CC1.I. The minimum atomic E-state index is -0.712. The second-order valence-electron chi connectivity index (χ2n) is 7.20. The summed E-state index contributed by atoms with van der Waals surface area (Å²) in [7, 11) is 0. The lowest BCUT2D eigenvalue weighted by molar-refractivity contribution is 0.150. The van der Waals surface area contributed by atoms with Crippen LogP contribution in [0.1, 0.15) is 38.1 Å². The Balaban J connectivity index is 0.00000261. The van der Waals surface area contributed by atoms with Gasteiger partial charge in [-0.25, -0.2) is 0 Å². The van der Waals surface area contributed by atoms with Gasteiger partial charge in [0.1, 0.15) is 11.9 Å². The van der Waals surface area contributed by atoms with E-state index in [1.165, 1.54) is 6.42 Å². The number of piperidine rings is 1. The molecule has 0 radical (unpaired) electrons. The average Bonchev–Trinajstić information content (AvgIpc) is 3.35. The lowest BCUT2D eigenvalue weighted by atomic mass is 10.0. The maximum atomic E-state index is 10.1. The number of rotatable bonds is 7. The number of ether oxygens (including phenoxy) is 1. The van der Waals surface area contributed by atoms with Crippen molar-refractivity contribution in [2.75, 3.05) is 45.9 Å². The molecule has 2 aliphatic rings. The van der Waals surface area contributed by atoms with Crippen LogP contribution in [-0.4, -0.2) is 67.9 Å². The molecule has 0 aromatic carbocycles. The van der Waals surface area contributed by atoms with Crippen molar-refractivity contribution in [1.82, 2.24) is 15.5 Å². The third-order valence-corrected chi connectivity index (χ3v) is 5.11. The molecule has 2 saturated heterocycles. The molecular weight excluding hydrogens is 459 g/mol. The zero-order valence-electron chi connectivity index (χ0n) is 16.1. The van der Waals surface area contributed by atoms with E-state index in [-0.39, 0.29) is 30.5 Å². The number of guanidine groups is 1. The number of hydrogen-bond donors (Lipinski definition) is 3. The van der Waals surface area contributed by atoms with Gasteiger partial charge in [0.25, 0.3) is 0 Å². The molecule has 0 aliphatic carbocycles. The fraction of sp³-hybridized carbons (Fsp3) is 0.737. The van der Waals surface area contributed by atoms with Crippen LogP contribution in [0.3, 0.4) is 0 Å². The number of aliphatic hydroxyl groups excluding tert-OH is 1. The summed E-state index contributed by atoms with van der Waals surface area (Å²) in [6.45, 7) is 8.36. The number of nitrogens with zero attached hydrogens (tertiary/aromatic N) is 2. The molecule has 2 unspecified atom stereocenters. The zero-order valence-corrected chi connectivity index (χ0v) is 18.4. The molecule has 2 aliphatic heterocycles. The molecule has 3 rings (SSSR count). The molecule has 154 valence electrons. The van der Waals surface area contributed by atoms with Gasteiger partial charge in [-0.15, -0.1) is 24.0 Å². The van der Waals surface area contributed by atoms with E-state index in [2.05, 4.69) is 20.5 Å². The van der Waals surface area contributed by atoms with E-state index in [0.29, 0.717) is 17.7 Å². The molecule has 1 aromatic heterocycles. The third kappa shape index (κ3) is 7.24. The molecule has 2 fully saturated rings. The van der Waals surface area contributed by atoms with E-state index in [1.807, 2.05) is 6.92 Å². The van der Waals surface area contributed by atoms with Gasteiger partial charge >= 0.3 is 0 Å². The van der Waals surface area contributed by atoms with Gasteiger partial charge in [0, 0.05) is 38.8 Å². The van der Waals surface area contributed by atoms with Gasteiger partial charge < -0.3 is 29.8 Å². The summed E-state index contributed by atoms with van der Waals surface area (Å²) in [4.78, 5) is 7.08. The molecule has 0 bridgehead atoms. The molecule has 1 aromatic rings. The highest BCUT2D eigenvalue weighted by atomic mass is 127. The van der Waals surface area contributed by atoms with Crippen molar-refractivity contribution in [3.63, 3.8) is 0 Å². The summed E-state index contributed by atoms with van der Waals surface area (Å²) in [6, 6.07) is 3.97. The van der Waals surface area contributed by atoms with Gasteiger partial charge in [-0.1, -0.05) is 0 Å². The number of aliphatic hydroxyl groups is 1. The molecule has 0 amide bonds. The molecule has 8 heteroatoms. The largest absolute Gasteiger partial charge is 0.467 e. The highest BCUT2D eigenvalue weighted by Crippen LogP contribution is 2.18. The topological polar surface area (TPSA) is 82.3 Å². The van der Waals surface area contributed by atoms with Crippen LogP contribution >= 0.6 is 24.0 Å². The first kappa shape index (κ1) is 22.4. The van der Waals surface area contributed by atoms with Crippen LogP contribution in [0.4, 0.5) is 0 Å².